The average Bonchev–Trinajstić information content (AvgIpc) is 2.79. The van der Waals surface area contributed by atoms with Gasteiger partial charge >= 0.3 is 0 Å². The summed E-state index contributed by atoms with van der Waals surface area (Å²) >= 11 is 0. The lowest BCUT2D eigenvalue weighted by molar-refractivity contribution is -0.117. The zero-order valence-electron chi connectivity index (χ0n) is 18.3. The van der Waals surface area contributed by atoms with Crippen LogP contribution in [0.15, 0.2) is 36.4 Å². The maximum atomic E-state index is 12.6. The molecule has 1 amide bonds. The van der Waals surface area contributed by atoms with Gasteiger partial charge in [0.05, 0.1) is 41.6 Å². The minimum absolute atomic E-state index is 0.172. The Labute approximate surface area is 177 Å². The number of hydrogen-bond acceptors (Lipinski definition) is 6. The van der Waals surface area contributed by atoms with Gasteiger partial charge in [-0.15, -0.1) is 0 Å². The summed E-state index contributed by atoms with van der Waals surface area (Å²) in [6.07, 6.45) is 3.86. The van der Waals surface area contributed by atoms with Crippen LogP contribution in [0, 0.1) is 0 Å². The van der Waals surface area contributed by atoms with Crippen LogP contribution in [0.4, 0.5) is 0 Å². The molecule has 30 heavy (non-hydrogen) atoms. The molecule has 0 spiro atoms. The zero-order chi connectivity index (χ0) is 22.1. The van der Waals surface area contributed by atoms with Gasteiger partial charge in [-0.05, 0) is 42.3 Å². The lowest BCUT2D eigenvalue weighted by atomic mass is 10.0. The Hall–Kier alpha value is -3.35. The van der Waals surface area contributed by atoms with Crippen molar-refractivity contribution < 1.29 is 28.5 Å². The highest BCUT2D eigenvalue weighted by molar-refractivity contribution is 5.92. The van der Waals surface area contributed by atoms with Crippen molar-refractivity contribution in [2.24, 2.45) is 0 Å². The molecule has 2 aromatic rings. The number of methoxy groups -OCH3 is 5. The Balaban J connectivity index is 2.21. The third-order valence-corrected chi connectivity index (χ3v) is 4.68. The fourth-order valence-electron chi connectivity index (χ4n) is 3.13. The predicted molar refractivity (Wildman–Crippen MR) is 116 cm³/mol. The van der Waals surface area contributed by atoms with Gasteiger partial charge in [0.2, 0.25) is 11.7 Å². The van der Waals surface area contributed by atoms with Crippen molar-refractivity contribution >= 4 is 12.0 Å². The van der Waals surface area contributed by atoms with Crippen molar-refractivity contribution in [3.63, 3.8) is 0 Å². The molecule has 7 nitrogen and oxygen atoms in total. The first kappa shape index (κ1) is 22.9. The van der Waals surface area contributed by atoms with Crippen molar-refractivity contribution in [1.29, 1.82) is 0 Å². The van der Waals surface area contributed by atoms with Crippen LogP contribution in [0.2, 0.25) is 0 Å². The summed E-state index contributed by atoms with van der Waals surface area (Å²) in [6, 6.07) is 9.00. The van der Waals surface area contributed by atoms with Gasteiger partial charge in [0.15, 0.2) is 23.0 Å². The molecule has 0 aliphatic carbocycles. The van der Waals surface area contributed by atoms with Crippen LogP contribution >= 0.6 is 0 Å². The molecule has 0 fully saturated rings. The molecule has 0 saturated carbocycles. The zero-order valence-corrected chi connectivity index (χ0v) is 18.3. The Morgan fingerprint density at radius 3 is 2.07 bits per heavy atom. The minimum Gasteiger partial charge on any atom is -0.493 e. The molecule has 0 bridgehead atoms. The number of amides is 1. The molecule has 0 aromatic heterocycles. The molecule has 0 radical (unpaired) electrons. The highest BCUT2D eigenvalue weighted by atomic mass is 16.5. The van der Waals surface area contributed by atoms with E-state index >= 15 is 0 Å². The fraction of sp³-hybridized carbons (Fsp3) is 0.348. The van der Waals surface area contributed by atoms with Crippen molar-refractivity contribution in [2.75, 3.05) is 35.5 Å². The van der Waals surface area contributed by atoms with Crippen molar-refractivity contribution in [3.8, 4) is 28.7 Å². The minimum atomic E-state index is -0.228. The summed E-state index contributed by atoms with van der Waals surface area (Å²) < 4.78 is 26.7. The van der Waals surface area contributed by atoms with Gasteiger partial charge in [0, 0.05) is 11.6 Å². The van der Waals surface area contributed by atoms with Crippen molar-refractivity contribution in [3.05, 3.63) is 47.5 Å². The van der Waals surface area contributed by atoms with Gasteiger partial charge in [-0.2, -0.15) is 0 Å². The smallest absolute Gasteiger partial charge is 0.244 e. The molecule has 162 valence electrons. The number of rotatable bonds is 10. The normalized spacial score (nSPS) is 11.7. The molecular weight excluding hydrogens is 386 g/mol. The van der Waals surface area contributed by atoms with E-state index in [0.717, 1.165) is 12.0 Å². The van der Waals surface area contributed by atoms with E-state index in [1.807, 2.05) is 25.1 Å². The van der Waals surface area contributed by atoms with Crippen LogP contribution in [0.3, 0.4) is 0 Å². The number of carbonyl (C=O) groups excluding carboxylic acids is 1. The van der Waals surface area contributed by atoms with Crippen LogP contribution in [0.1, 0.15) is 30.5 Å². The standard InChI is InChI=1S/C23H29NO6/c1-7-17(16-9-11-18(26-2)20(14-16)28-4)24-21(25)13-10-15-8-12-19(27-3)23(30-6)22(15)29-5/h8-14,17H,7H2,1-6H3,(H,24,25)/b13-10+/t17-/m1/s1. The number of benzene rings is 2. The predicted octanol–water partition coefficient (Wildman–Crippen LogP) is 4.01. The molecule has 0 unspecified atom stereocenters. The summed E-state index contributed by atoms with van der Waals surface area (Å²) in [7, 11) is 7.80. The summed E-state index contributed by atoms with van der Waals surface area (Å²) in [5, 5.41) is 3.01. The summed E-state index contributed by atoms with van der Waals surface area (Å²) in [5.41, 5.74) is 1.63. The molecule has 0 aliphatic rings. The lowest BCUT2D eigenvalue weighted by Gasteiger charge is -2.18. The maximum absolute atomic E-state index is 12.6. The number of nitrogens with one attached hydrogen (secondary N) is 1. The first-order chi connectivity index (χ1) is 14.5. The van der Waals surface area contributed by atoms with E-state index in [1.165, 1.54) is 13.2 Å². The largest absolute Gasteiger partial charge is 0.493 e. The van der Waals surface area contributed by atoms with Gasteiger partial charge in [-0.25, -0.2) is 0 Å². The van der Waals surface area contributed by atoms with Crippen LogP contribution in [0.25, 0.3) is 6.08 Å². The Kier molecular flexibility index (Phi) is 8.41. The monoisotopic (exact) mass is 415 g/mol. The van der Waals surface area contributed by atoms with E-state index in [9.17, 15) is 4.79 Å². The van der Waals surface area contributed by atoms with Crippen LogP contribution < -0.4 is 29.0 Å². The highest BCUT2D eigenvalue weighted by Crippen LogP contribution is 2.40. The third-order valence-electron chi connectivity index (χ3n) is 4.68. The second-order valence-electron chi connectivity index (χ2n) is 6.34. The average molecular weight is 415 g/mol. The van der Waals surface area contributed by atoms with E-state index in [0.29, 0.717) is 34.3 Å². The van der Waals surface area contributed by atoms with E-state index in [4.69, 9.17) is 23.7 Å². The molecule has 1 N–H and O–H groups in total. The van der Waals surface area contributed by atoms with E-state index in [-0.39, 0.29) is 11.9 Å². The van der Waals surface area contributed by atoms with Gasteiger partial charge < -0.3 is 29.0 Å². The maximum Gasteiger partial charge on any atom is 0.244 e. The molecule has 1 atom stereocenters. The molecule has 2 aromatic carbocycles. The quantitative estimate of drug-likeness (QED) is 0.591. The lowest BCUT2D eigenvalue weighted by Crippen LogP contribution is -2.26. The van der Waals surface area contributed by atoms with E-state index in [2.05, 4.69) is 5.32 Å². The first-order valence-corrected chi connectivity index (χ1v) is 9.52. The second kappa shape index (κ2) is 11.0. The van der Waals surface area contributed by atoms with Crippen LogP contribution in [-0.2, 0) is 4.79 Å². The third kappa shape index (κ3) is 5.17. The van der Waals surface area contributed by atoms with Gasteiger partial charge in [-0.1, -0.05) is 13.0 Å². The van der Waals surface area contributed by atoms with E-state index < -0.39 is 0 Å². The topological polar surface area (TPSA) is 75.3 Å². The highest BCUT2D eigenvalue weighted by Gasteiger charge is 2.16. The summed E-state index contributed by atoms with van der Waals surface area (Å²) in [6.45, 7) is 2.00. The van der Waals surface area contributed by atoms with Crippen molar-refractivity contribution in [2.45, 2.75) is 19.4 Å². The van der Waals surface area contributed by atoms with Gasteiger partial charge in [0.1, 0.15) is 0 Å². The van der Waals surface area contributed by atoms with Gasteiger partial charge in [0.25, 0.3) is 0 Å². The molecule has 7 heteroatoms. The first-order valence-electron chi connectivity index (χ1n) is 9.52. The number of ether oxygens (including phenoxy) is 5. The van der Waals surface area contributed by atoms with Crippen LogP contribution in [-0.4, -0.2) is 41.5 Å². The van der Waals surface area contributed by atoms with E-state index in [1.54, 1.807) is 46.6 Å². The summed E-state index contributed by atoms with van der Waals surface area (Å²) in [5.74, 6) is 2.55. The number of hydrogen-bond donors (Lipinski definition) is 1. The van der Waals surface area contributed by atoms with Crippen LogP contribution in [0.5, 0.6) is 28.7 Å². The molecule has 0 saturated heterocycles. The SMILES string of the molecule is CC[C@@H](NC(=O)/C=C/c1ccc(OC)c(OC)c1OC)c1ccc(OC)c(OC)c1. The molecule has 0 aliphatic heterocycles. The number of carbonyl (C=O) groups is 1. The Morgan fingerprint density at radius 2 is 1.50 bits per heavy atom. The molecule has 2 rings (SSSR count). The van der Waals surface area contributed by atoms with Crippen molar-refractivity contribution in [1.82, 2.24) is 5.32 Å². The molecular formula is C23H29NO6. The second-order valence-corrected chi connectivity index (χ2v) is 6.34. The van der Waals surface area contributed by atoms with Gasteiger partial charge in [-0.3, -0.25) is 4.79 Å². The Bertz CT molecular complexity index is 894. The molecule has 0 heterocycles. The fourth-order valence-corrected chi connectivity index (χ4v) is 3.13. The summed E-state index contributed by atoms with van der Waals surface area (Å²) in [4.78, 5) is 12.6. The Morgan fingerprint density at radius 1 is 0.867 bits per heavy atom.